The van der Waals surface area contributed by atoms with Crippen molar-refractivity contribution in [3.8, 4) is 5.75 Å². The molecule has 5 nitrogen and oxygen atoms in total. The minimum Gasteiger partial charge on any atom is -0.493 e. The minimum atomic E-state index is -1.11. The third kappa shape index (κ3) is 2.64. The fourth-order valence-corrected chi connectivity index (χ4v) is 3.67. The van der Waals surface area contributed by atoms with E-state index < -0.39 is 5.60 Å². The van der Waals surface area contributed by atoms with Crippen LogP contribution in [0.25, 0.3) is 10.2 Å². The first kappa shape index (κ1) is 15.1. The molecule has 4 rings (SSSR count). The van der Waals surface area contributed by atoms with Gasteiger partial charge in [-0.2, -0.15) is 0 Å². The number of carbonyl (C=O) groups excluding carboxylic acids is 1. The Balaban J connectivity index is 1.53. The molecule has 0 saturated carbocycles. The van der Waals surface area contributed by atoms with Crippen LogP contribution in [-0.2, 0) is 5.60 Å². The number of fused-ring (bicyclic) bond motifs is 2. The van der Waals surface area contributed by atoms with Gasteiger partial charge in [-0.15, -0.1) is 11.3 Å². The summed E-state index contributed by atoms with van der Waals surface area (Å²) in [7, 11) is 0. The summed E-state index contributed by atoms with van der Waals surface area (Å²) in [6.45, 7) is 0.573. The summed E-state index contributed by atoms with van der Waals surface area (Å²) in [4.78, 5) is 16.6. The predicted octanol–water partition coefficient (Wildman–Crippen LogP) is 2.70. The number of benzene rings is 2. The Morgan fingerprint density at radius 1 is 1.33 bits per heavy atom. The summed E-state index contributed by atoms with van der Waals surface area (Å²) in [5.41, 5.74) is 2.81. The fraction of sp³-hybridized carbons (Fsp3) is 0.222. The van der Waals surface area contributed by atoms with Crippen LogP contribution in [0, 0.1) is 0 Å². The number of para-hydroxylation sites is 1. The summed E-state index contributed by atoms with van der Waals surface area (Å²) in [5.74, 6) is 0.467. The van der Waals surface area contributed by atoms with E-state index in [0.717, 1.165) is 15.8 Å². The van der Waals surface area contributed by atoms with E-state index in [1.54, 1.807) is 11.6 Å². The predicted molar refractivity (Wildman–Crippen MR) is 92.4 cm³/mol. The van der Waals surface area contributed by atoms with Crippen LogP contribution in [0.2, 0.25) is 0 Å². The van der Waals surface area contributed by atoms with Crippen molar-refractivity contribution in [2.24, 2.45) is 0 Å². The van der Waals surface area contributed by atoms with Crippen LogP contribution in [0.15, 0.2) is 48.0 Å². The number of nitrogens with zero attached hydrogens (tertiary/aromatic N) is 1. The SMILES string of the molecule is O=C(NC[C@@]1(O)CCOc2ccccc21)c1ccc2ncsc2c1. The summed E-state index contributed by atoms with van der Waals surface area (Å²) in [6, 6.07) is 12.8. The van der Waals surface area contributed by atoms with Gasteiger partial charge >= 0.3 is 0 Å². The van der Waals surface area contributed by atoms with Gasteiger partial charge in [0.2, 0.25) is 0 Å². The van der Waals surface area contributed by atoms with Crippen LogP contribution in [-0.4, -0.2) is 29.1 Å². The number of aromatic nitrogens is 1. The Kier molecular flexibility index (Phi) is 3.70. The van der Waals surface area contributed by atoms with Crippen molar-refractivity contribution in [3.63, 3.8) is 0 Å². The number of thiazole rings is 1. The van der Waals surface area contributed by atoms with Gasteiger partial charge in [-0.3, -0.25) is 4.79 Å². The molecule has 1 aromatic heterocycles. The van der Waals surface area contributed by atoms with E-state index in [1.807, 2.05) is 36.4 Å². The van der Waals surface area contributed by atoms with Crippen molar-refractivity contribution in [1.82, 2.24) is 10.3 Å². The van der Waals surface area contributed by atoms with Crippen LogP contribution in [0.3, 0.4) is 0 Å². The molecule has 6 heteroatoms. The molecule has 0 saturated heterocycles. The second-order valence-corrected chi connectivity index (χ2v) is 6.73. The van der Waals surface area contributed by atoms with E-state index in [1.165, 1.54) is 11.3 Å². The lowest BCUT2D eigenvalue weighted by atomic mass is 9.88. The average molecular weight is 340 g/mol. The van der Waals surface area contributed by atoms with E-state index in [4.69, 9.17) is 4.74 Å². The molecule has 0 bridgehead atoms. The maximum Gasteiger partial charge on any atom is 0.251 e. The van der Waals surface area contributed by atoms with Gasteiger partial charge in [0.05, 0.1) is 28.9 Å². The Labute approximate surface area is 142 Å². The van der Waals surface area contributed by atoms with Crippen molar-refractivity contribution >= 4 is 27.5 Å². The number of ether oxygens (including phenoxy) is 1. The van der Waals surface area contributed by atoms with Gasteiger partial charge in [-0.1, -0.05) is 18.2 Å². The van der Waals surface area contributed by atoms with Crippen LogP contribution < -0.4 is 10.1 Å². The Hall–Kier alpha value is -2.44. The third-order valence-corrected chi connectivity index (χ3v) is 5.09. The van der Waals surface area contributed by atoms with Gasteiger partial charge in [-0.25, -0.2) is 4.98 Å². The molecule has 0 fully saturated rings. The molecule has 1 aliphatic rings. The second-order valence-electron chi connectivity index (χ2n) is 5.84. The molecule has 0 spiro atoms. The molecule has 0 aliphatic carbocycles. The minimum absolute atomic E-state index is 0.146. The summed E-state index contributed by atoms with van der Waals surface area (Å²) >= 11 is 1.50. The molecule has 2 heterocycles. The van der Waals surface area contributed by atoms with Crippen molar-refractivity contribution in [2.75, 3.05) is 13.2 Å². The molecule has 3 aromatic rings. The average Bonchev–Trinajstić information content (AvgIpc) is 3.08. The molecule has 1 atom stereocenters. The number of rotatable bonds is 3. The van der Waals surface area contributed by atoms with Crippen molar-refractivity contribution in [2.45, 2.75) is 12.0 Å². The van der Waals surface area contributed by atoms with Crippen molar-refractivity contribution in [1.29, 1.82) is 0 Å². The van der Waals surface area contributed by atoms with E-state index in [0.29, 0.717) is 24.3 Å². The summed E-state index contributed by atoms with van der Waals surface area (Å²) in [6.07, 6.45) is 0.443. The van der Waals surface area contributed by atoms with Crippen LogP contribution in [0.4, 0.5) is 0 Å². The number of nitrogens with one attached hydrogen (secondary N) is 1. The molecule has 2 aromatic carbocycles. The highest BCUT2D eigenvalue weighted by molar-refractivity contribution is 7.16. The number of carbonyl (C=O) groups is 1. The zero-order chi connectivity index (χ0) is 16.6. The van der Waals surface area contributed by atoms with Gasteiger partial charge in [0.1, 0.15) is 11.4 Å². The third-order valence-electron chi connectivity index (χ3n) is 4.30. The van der Waals surface area contributed by atoms with Crippen LogP contribution >= 0.6 is 11.3 Å². The Morgan fingerprint density at radius 3 is 3.12 bits per heavy atom. The van der Waals surface area contributed by atoms with Gasteiger partial charge in [0, 0.05) is 17.5 Å². The molecule has 24 heavy (non-hydrogen) atoms. The Bertz CT molecular complexity index is 908. The molecular formula is C18H16N2O3S. The first-order chi connectivity index (χ1) is 11.7. The lowest BCUT2D eigenvalue weighted by Gasteiger charge is -2.34. The van der Waals surface area contributed by atoms with Gasteiger partial charge in [-0.05, 0) is 24.3 Å². The first-order valence-electron chi connectivity index (χ1n) is 7.72. The smallest absolute Gasteiger partial charge is 0.251 e. The van der Waals surface area contributed by atoms with Crippen molar-refractivity contribution < 1.29 is 14.6 Å². The molecule has 0 radical (unpaired) electrons. The number of amides is 1. The van der Waals surface area contributed by atoms with E-state index in [9.17, 15) is 9.90 Å². The van der Waals surface area contributed by atoms with E-state index in [2.05, 4.69) is 10.3 Å². The zero-order valence-electron chi connectivity index (χ0n) is 12.9. The lowest BCUT2D eigenvalue weighted by molar-refractivity contribution is -0.00160. The zero-order valence-corrected chi connectivity index (χ0v) is 13.7. The standard InChI is InChI=1S/C18H16N2O3S/c21-17(12-5-6-14-16(9-12)24-11-20-14)19-10-18(22)7-8-23-15-4-2-1-3-13(15)18/h1-6,9,11,22H,7-8,10H2,(H,19,21)/t18-/m0/s1. The fourth-order valence-electron chi connectivity index (χ4n) is 2.95. The highest BCUT2D eigenvalue weighted by Crippen LogP contribution is 2.36. The maximum atomic E-state index is 12.4. The van der Waals surface area contributed by atoms with Gasteiger partial charge in [0.15, 0.2) is 0 Å². The highest BCUT2D eigenvalue weighted by Gasteiger charge is 2.35. The quantitative estimate of drug-likeness (QED) is 0.769. The Morgan fingerprint density at radius 2 is 2.21 bits per heavy atom. The molecule has 1 aliphatic heterocycles. The second kappa shape index (κ2) is 5.89. The number of aliphatic hydroxyl groups is 1. The molecular weight excluding hydrogens is 324 g/mol. The van der Waals surface area contributed by atoms with Gasteiger partial charge in [0.25, 0.3) is 5.91 Å². The molecule has 0 unspecified atom stereocenters. The topological polar surface area (TPSA) is 71.5 Å². The molecule has 1 amide bonds. The van der Waals surface area contributed by atoms with Crippen molar-refractivity contribution in [3.05, 3.63) is 59.1 Å². The summed E-state index contributed by atoms with van der Waals surface area (Å²) in [5, 5.41) is 13.8. The van der Waals surface area contributed by atoms with E-state index in [-0.39, 0.29) is 12.5 Å². The monoisotopic (exact) mass is 340 g/mol. The van der Waals surface area contributed by atoms with Crippen LogP contribution in [0.1, 0.15) is 22.3 Å². The highest BCUT2D eigenvalue weighted by atomic mass is 32.1. The van der Waals surface area contributed by atoms with E-state index >= 15 is 0 Å². The maximum absolute atomic E-state index is 12.4. The molecule has 2 N–H and O–H groups in total. The largest absolute Gasteiger partial charge is 0.493 e. The first-order valence-corrected chi connectivity index (χ1v) is 8.60. The number of hydrogen-bond acceptors (Lipinski definition) is 5. The summed E-state index contributed by atoms with van der Waals surface area (Å²) < 4.78 is 6.54. The van der Waals surface area contributed by atoms with Gasteiger partial charge < -0.3 is 15.2 Å². The lowest BCUT2D eigenvalue weighted by Crippen LogP contribution is -2.43. The van der Waals surface area contributed by atoms with Crippen LogP contribution in [0.5, 0.6) is 5.75 Å². The normalized spacial score (nSPS) is 19.5. The number of hydrogen-bond donors (Lipinski definition) is 2. The molecule has 122 valence electrons.